The first-order valence-corrected chi connectivity index (χ1v) is 5.44. The molecule has 0 saturated heterocycles. The van der Waals surface area contributed by atoms with Gasteiger partial charge in [0.1, 0.15) is 5.84 Å². The molecule has 0 radical (unpaired) electrons. The molecule has 0 fully saturated rings. The summed E-state index contributed by atoms with van der Waals surface area (Å²) in [4.78, 5) is 6.69. The Hall–Kier alpha value is -1.06. The number of hydrogen-bond donors (Lipinski definition) is 1. The van der Waals surface area contributed by atoms with E-state index < -0.39 is 0 Å². The zero-order chi connectivity index (χ0) is 10.7. The third kappa shape index (κ3) is 2.30. The molecule has 1 heterocycles. The lowest BCUT2D eigenvalue weighted by atomic mass is 10.2. The van der Waals surface area contributed by atoms with E-state index in [1.165, 1.54) is 0 Å². The van der Waals surface area contributed by atoms with Crippen molar-refractivity contribution in [1.29, 1.82) is 0 Å². The first kappa shape index (κ1) is 10.5. The molecule has 0 aliphatic carbocycles. The number of nitrogens with zero attached hydrogens (tertiary/aromatic N) is 2. The van der Waals surface area contributed by atoms with Crippen LogP contribution >= 0.6 is 11.6 Å². The summed E-state index contributed by atoms with van der Waals surface area (Å²) in [7, 11) is 0. The van der Waals surface area contributed by atoms with Crippen LogP contribution in [0.25, 0.3) is 0 Å². The first-order chi connectivity index (χ1) is 7.31. The molecule has 3 nitrogen and oxygen atoms in total. The van der Waals surface area contributed by atoms with Gasteiger partial charge in [-0.15, -0.1) is 0 Å². The van der Waals surface area contributed by atoms with Gasteiger partial charge in [0.25, 0.3) is 0 Å². The molecule has 15 heavy (non-hydrogen) atoms. The highest BCUT2D eigenvalue weighted by atomic mass is 35.5. The van der Waals surface area contributed by atoms with E-state index in [1.54, 1.807) is 0 Å². The summed E-state index contributed by atoms with van der Waals surface area (Å²) in [6.45, 7) is 3.35. The van der Waals surface area contributed by atoms with Crippen LogP contribution in [0.4, 0.5) is 0 Å². The van der Waals surface area contributed by atoms with E-state index in [4.69, 9.17) is 17.3 Å². The van der Waals surface area contributed by atoms with Crippen molar-refractivity contribution < 1.29 is 0 Å². The number of hydrogen-bond acceptors (Lipinski definition) is 3. The number of amidine groups is 1. The van der Waals surface area contributed by atoms with Crippen LogP contribution in [0.1, 0.15) is 5.56 Å². The lowest BCUT2D eigenvalue weighted by Crippen LogP contribution is -2.33. The molecule has 0 bridgehead atoms. The van der Waals surface area contributed by atoms with Crippen molar-refractivity contribution in [1.82, 2.24) is 4.90 Å². The largest absolute Gasteiger partial charge is 0.353 e. The number of rotatable bonds is 3. The summed E-state index contributed by atoms with van der Waals surface area (Å²) in [5, 5.41) is 0.753. The maximum Gasteiger partial charge on any atom is 0.131 e. The van der Waals surface area contributed by atoms with Crippen molar-refractivity contribution in [2.75, 3.05) is 26.2 Å². The molecule has 0 spiro atoms. The van der Waals surface area contributed by atoms with Gasteiger partial charge in [-0.25, -0.2) is 0 Å². The van der Waals surface area contributed by atoms with Gasteiger partial charge in [-0.2, -0.15) is 0 Å². The normalized spacial score (nSPS) is 15.6. The van der Waals surface area contributed by atoms with E-state index in [0.29, 0.717) is 6.54 Å². The Labute approximate surface area is 94.5 Å². The minimum Gasteiger partial charge on any atom is -0.353 e. The topological polar surface area (TPSA) is 41.6 Å². The van der Waals surface area contributed by atoms with Crippen molar-refractivity contribution in [3.8, 4) is 0 Å². The summed E-state index contributed by atoms with van der Waals surface area (Å²) in [6.07, 6.45) is 0. The molecular weight excluding hydrogens is 210 g/mol. The van der Waals surface area contributed by atoms with Crippen LogP contribution in [0.2, 0.25) is 5.02 Å². The minimum absolute atomic E-state index is 0.659. The molecule has 1 aromatic rings. The van der Waals surface area contributed by atoms with Crippen LogP contribution in [0.15, 0.2) is 29.3 Å². The molecule has 0 atom stereocenters. The molecule has 80 valence electrons. The molecule has 2 rings (SSSR count). The zero-order valence-corrected chi connectivity index (χ0v) is 9.24. The van der Waals surface area contributed by atoms with Crippen LogP contribution in [-0.4, -0.2) is 36.9 Å². The smallest absolute Gasteiger partial charge is 0.131 e. The van der Waals surface area contributed by atoms with Crippen molar-refractivity contribution in [3.05, 3.63) is 34.9 Å². The average molecular weight is 224 g/mol. The van der Waals surface area contributed by atoms with Gasteiger partial charge in [-0.05, 0) is 24.3 Å². The van der Waals surface area contributed by atoms with E-state index in [1.807, 2.05) is 24.3 Å². The van der Waals surface area contributed by atoms with Gasteiger partial charge < -0.3 is 10.6 Å². The SMILES string of the molecule is NCCN1CCN=C1c1ccc(Cl)cc1. The zero-order valence-electron chi connectivity index (χ0n) is 8.49. The van der Waals surface area contributed by atoms with Crippen molar-refractivity contribution in [3.63, 3.8) is 0 Å². The number of aliphatic imine (C=N–C) groups is 1. The molecule has 1 aliphatic rings. The Morgan fingerprint density at radius 3 is 2.73 bits per heavy atom. The van der Waals surface area contributed by atoms with E-state index in [-0.39, 0.29) is 0 Å². The van der Waals surface area contributed by atoms with Crippen LogP contribution < -0.4 is 5.73 Å². The van der Waals surface area contributed by atoms with E-state index in [0.717, 1.165) is 36.1 Å². The summed E-state index contributed by atoms with van der Waals surface area (Å²) in [5.74, 6) is 1.04. The Balaban J connectivity index is 2.19. The highest BCUT2D eigenvalue weighted by molar-refractivity contribution is 6.30. The molecule has 0 aromatic heterocycles. The molecule has 0 amide bonds. The summed E-state index contributed by atoms with van der Waals surface area (Å²) in [6, 6.07) is 7.77. The van der Waals surface area contributed by atoms with E-state index in [9.17, 15) is 0 Å². The van der Waals surface area contributed by atoms with Gasteiger partial charge in [-0.1, -0.05) is 11.6 Å². The van der Waals surface area contributed by atoms with Gasteiger partial charge in [0, 0.05) is 30.2 Å². The summed E-state index contributed by atoms with van der Waals surface area (Å²) < 4.78 is 0. The molecule has 1 aliphatic heterocycles. The Kier molecular flexibility index (Phi) is 3.23. The van der Waals surface area contributed by atoms with E-state index >= 15 is 0 Å². The Morgan fingerprint density at radius 1 is 1.33 bits per heavy atom. The molecular formula is C11H14ClN3. The second-order valence-electron chi connectivity index (χ2n) is 3.49. The van der Waals surface area contributed by atoms with Gasteiger partial charge in [0.15, 0.2) is 0 Å². The predicted octanol–water partition coefficient (Wildman–Crippen LogP) is 1.36. The van der Waals surface area contributed by atoms with Gasteiger partial charge in [-0.3, -0.25) is 4.99 Å². The molecule has 4 heteroatoms. The fraction of sp³-hybridized carbons (Fsp3) is 0.364. The van der Waals surface area contributed by atoms with Crippen LogP contribution in [0.3, 0.4) is 0 Å². The second-order valence-corrected chi connectivity index (χ2v) is 3.92. The number of benzene rings is 1. The van der Waals surface area contributed by atoms with Crippen LogP contribution in [0, 0.1) is 0 Å². The third-order valence-electron chi connectivity index (χ3n) is 2.43. The highest BCUT2D eigenvalue weighted by Gasteiger charge is 2.17. The quantitative estimate of drug-likeness (QED) is 0.841. The average Bonchev–Trinajstić information content (AvgIpc) is 2.68. The molecule has 0 unspecified atom stereocenters. The molecule has 2 N–H and O–H groups in total. The van der Waals surface area contributed by atoms with Crippen molar-refractivity contribution >= 4 is 17.4 Å². The highest BCUT2D eigenvalue weighted by Crippen LogP contribution is 2.14. The first-order valence-electron chi connectivity index (χ1n) is 5.06. The Bertz CT molecular complexity index is 359. The summed E-state index contributed by atoms with van der Waals surface area (Å²) in [5.41, 5.74) is 6.67. The summed E-state index contributed by atoms with van der Waals surface area (Å²) >= 11 is 5.84. The minimum atomic E-state index is 0.659. The Morgan fingerprint density at radius 2 is 2.07 bits per heavy atom. The van der Waals surface area contributed by atoms with Crippen molar-refractivity contribution in [2.45, 2.75) is 0 Å². The number of nitrogens with two attached hydrogens (primary N) is 1. The maximum atomic E-state index is 5.84. The maximum absolute atomic E-state index is 5.84. The second kappa shape index (κ2) is 4.64. The molecule has 1 aromatic carbocycles. The van der Waals surface area contributed by atoms with Crippen LogP contribution in [0.5, 0.6) is 0 Å². The monoisotopic (exact) mass is 223 g/mol. The fourth-order valence-electron chi connectivity index (χ4n) is 1.73. The fourth-order valence-corrected chi connectivity index (χ4v) is 1.85. The lowest BCUT2D eigenvalue weighted by molar-refractivity contribution is 0.468. The van der Waals surface area contributed by atoms with Crippen LogP contribution in [-0.2, 0) is 0 Å². The van der Waals surface area contributed by atoms with Gasteiger partial charge in [0.05, 0.1) is 6.54 Å². The predicted molar refractivity (Wildman–Crippen MR) is 63.5 cm³/mol. The molecule has 0 saturated carbocycles. The standard InChI is InChI=1S/C11H14ClN3/c12-10-3-1-9(2-4-10)11-14-6-8-15(11)7-5-13/h1-4H,5-8,13H2. The van der Waals surface area contributed by atoms with Gasteiger partial charge in [0.2, 0.25) is 0 Å². The number of halogens is 1. The van der Waals surface area contributed by atoms with Crippen molar-refractivity contribution in [2.24, 2.45) is 10.7 Å². The van der Waals surface area contributed by atoms with E-state index in [2.05, 4.69) is 9.89 Å². The third-order valence-corrected chi connectivity index (χ3v) is 2.68. The lowest BCUT2D eigenvalue weighted by Gasteiger charge is -2.19. The van der Waals surface area contributed by atoms with Gasteiger partial charge >= 0.3 is 0 Å².